The highest BCUT2D eigenvalue weighted by atomic mass is 16.5. The number of hydrogen-bond donors (Lipinski definition) is 0. The molecule has 2 rings (SSSR count). The maximum Gasteiger partial charge on any atom is 0.343 e. The quantitative estimate of drug-likeness (QED) is 0.793. The first-order valence-electron chi connectivity index (χ1n) is 7.43. The van der Waals surface area contributed by atoms with Gasteiger partial charge in [0.05, 0.1) is 25.5 Å². The summed E-state index contributed by atoms with van der Waals surface area (Å²) in [5, 5.41) is 4.36. The number of aromatic nitrogens is 2. The number of esters is 1. The predicted octanol–water partition coefficient (Wildman–Crippen LogP) is 2.68. The molecule has 2 aromatic rings. The Kier molecular flexibility index (Phi) is 5.16. The lowest BCUT2D eigenvalue weighted by Crippen LogP contribution is -2.31. The number of rotatable bonds is 5. The minimum Gasteiger partial charge on any atom is -0.497 e. The monoisotopic (exact) mass is 316 g/mol. The summed E-state index contributed by atoms with van der Waals surface area (Å²) >= 11 is 0. The van der Waals surface area contributed by atoms with Crippen LogP contribution in [0.2, 0.25) is 0 Å². The Hall–Kier alpha value is -2.63. The largest absolute Gasteiger partial charge is 0.497 e. The fourth-order valence-corrected chi connectivity index (χ4v) is 2.12. The van der Waals surface area contributed by atoms with Crippen molar-refractivity contribution >= 4 is 5.97 Å². The fraction of sp³-hybridized carbons (Fsp3) is 0.353. The Morgan fingerprint density at radius 3 is 2.43 bits per heavy atom. The molecule has 0 aliphatic carbocycles. The third-order valence-corrected chi connectivity index (χ3v) is 3.31. The van der Waals surface area contributed by atoms with Gasteiger partial charge in [-0.25, -0.2) is 9.48 Å². The Labute approximate surface area is 134 Å². The summed E-state index contributed by atoms with van der Waals surface area (Å²) in [4.78, 5) is 24.4. The molecule has 6 nitrogen and oxygen atoms in total. The van der Waals surface area contributed by atoms with Crippen LogP contribution in [0.25, 0.3) is 11.3 Å². The summed E-state index contributed by atoms with van der Waals surface area (Å²) in [6.45, 7) is 5.58. The summed E-state index contributed by atoms with van der Waals surface area (Å²) in [7, 11) is 1.59. The Morgan fingerprint density at radius 1 is 1.26 bits per heavy atom. The van der Waals surface area contributed by atoms with Crippen molar-refractivity contribution in [2.45, 2.75) is 26.8 Å². The average molecular weight is 316 g/mol. The SMILES string of the molecule is CCOC(=O)c1cc(-c2ccc(OC)cc2)nn(C(C)C)c1=O. The molecule has 0 aliphatic heterocycles. The molecule has 0 atom stereocenters. The number of benzene rings is 1. The molecule has 0 saturated carbocycles. The standard InChI is InChI=1S/C17H20N2O4/c1-5-23-17(21)14-10-15(18-19(11(2)3)16(14)20)12-6-8-13(22-4)9-7-12/h6-11H,5H2,1-4H3. The third kappa shape index (κ3) is 3.59. The molecule has 0 fully saturated rings. The van der Waals surface area contributed by atoms with Gasteiger partial charge in [0.1, 0.15) is 11.3 Å². The number of nitrogens with zero attached hydrogens (tertiary/aromatic N) is 2. The Bertz CT molecular complexity index is 748. The van der Waals surface area contributed by atoms with Crippen molar-refractivity contribution in [1.82, 2.24) is 9.78 Å². The maximum atomic E-state index is 12.4. The van der Waals surface area contributed by atoms with Gasteiger partial charge < -0.3 is 9.47 Å². The zero-order valence-corrected chi connectivity index (χ0v) is 13.7. The lowest BCUT2D eigenvalue weighted by Gasteiger charge is -2.13. The molecule has 0 amide bonds. The zero-order chi connectivity index (χ0) is 17.0. The molecule has 0 spiro atoms. The van der Waals surface area contributed by atoms with Crippen molar-refractivity contribution < 1.29 is 14.3 Å². The van der Waals surface area contributed by atoms with E-state index >= 15 is 0 Å². The summed E-state index contributed by atoms with van der Waals surface area (Å²) < 4.78 is 11.4. The molecule has 1 aromatic carbocycles. The van der Waals surface area contributed by atoms with Gasteiger partial charge in [0.25, 0.3) is 5.56 Å². The van der Waals surface area contributed by atoms with Crippen LogP contribution in [-0.2, 0) is 4.74 Å². The van der Waals surface area contributed by atoms with Gasteiger partial charge in [-0.1, -0.05) is 0 Å². The molecule has 0 N–H and O–H groups in total. The van der Waals surface area contributed by atoms with Crippen LogP contribution in [0.1, 0.15) is 37.2 Å². The van der Waals surface area contributed by atoms with E-state index in [1.807, 2.05) is 26.0 Å². The number of carbonyl (C=O) groups is 1. The Balaban J connectivity index is 2.58. The fourth-order valence-electron chi connectivity index (χ4n) is 2.12. The van der Waals surface area contributed by atoms with Crippen molar-refractivity contribution in [3.63, 3.8) is 0 Å². The van der Waals surface area contributed by atoms with E-state index in [1.165, 1.54) is 10.7 Å². The summed E-state index contributed by atoms with van der Waals surface area (Å²) in [5.41, 5.74) is 0.854. The molecule has 1 aromatic heterocycles. The molecular formula is C17H20N2O4. The van der Waals surface area contributed by atoms with E-state index in [0.717, 1.165) is 11.3 Å². The summed E-state index contributed by atoms with van der Waals surface area (Å²) in [6.07, 6.45) is 0. The van der Waals surface area contributed by atoms with Gasteiger partial charge in [0, 0.05) is 5.56 Å². The molecule has 6 heteroatoms. The minimum absolute atomic E-state index is 0.0126. The van der Waals surface area contributed by atoms with Crippen molar-refractivity contribution in [2.75, 3.05) is 13.7 Å². The van der Waals surface area contributed by atoms with Crippen LogP contribution < -0.4 is 10.3 Å². The first kappa shape index (κ1) is 16.7. The van der Waals surface area contributed by atoms with Crippen LogP contribution in [0, 0.1) is 0 Å². The van der Waals surface area contributed by atoms with Crippen LogP contribution in [0.15, 0.2) is 35.1 Å². The topological polar surface area (TPSA) is 70.4 Å². The predicted molar refractivity (Wildman–Crippen MR) is 86.8 cm³/mol. The second-order valence-electron chi connectivity index (χ2n) is 5.24. The second kappa shape index (κ2) is 7.09. The van der Waals surface area contributed by atoms with Crippen molar-refractivity contribution in [3.8, 4) is 17.0 Å². The number of ether oxygens (including phenoxy) is 2. The number of carbonyl (C=O) groups excluding carboxylic acids is 1. The van der Waals surface area contributed by atoms with E-state index in [4.69, 9.17) is 9.47 Å². The smallest absolute Gasteiger partial charge is 0.343 e. The van der Waals surface area contributed by atoms with E-state index in [0.29, 0.717) is 5.69 Å². The summed E-state index contributed by atoms with van der Waals surface area (Å²) in [5.74, 6) is 0.0839. The minimum atomic E-state index is -0.635. The van der Waals surface area contributed by atoms with Gasteiger partial charge >= 0.3 is 5.97 Å². The number of hydrogen-bond acceptors (Lipinski definition) is 5. The van der Waals surface area contributed by atoms with E-state index in [1.54, 1.807) is 26.2 Å². The normalized spacial score (nSPS) is 10.7. The second-order valence-corrected chi connectivity index (χ2v) is 5.24. The highest BCUT2D eigenvalue weighted by molar-refractivity contribution is 5.90. The third-order valence-electron chi connectivity index (χ3n) is 3.31. The van der Waals surface area contributed by atoms with Gasteiger partial charge in [-0.2, -0.15) is 5.10 Å². The van der Waals surface area contributed by atoms with E-state index in [9.17, 15) is 9.59 Å². The first-order chi connectivity index (χ1) is 11.0. The molecule has 0 aliphatic rings. The first-order valence-corrected chi connectivity index (χ1v) is 7.43. The van der Waals surface area contributed by atoms with Crippen LogP contribution in [-0.4, -0.2) is 29.5 Å². The van der Waals surface area contributed by atoms with Gasteiger partial charge in [0.2, 0.25) is 0 Å². The van der Waals surface area contributed by atoms with E-state index in [2.05, 4.69) is 5.10 Å². The van der Waals surface area contributed by atoms with Gasteiger partial charge in [-0.3, -0.25) is 4.79 Å². The molecule has 23 heavy (non-hydrogen) atoms. The summed E-state index contributed by atoms with van der Waals surface area (Å²) in [6, 6.07) is 8.55. The van der Waals surface area contributed by atoms with Crippen molar-refractivity contribution in [2.24, 2.45) is 0 Å². The average Bonchev–Trinajstić information content (AvgIpc) is 2.55. The molecule has 0 unspecified atom stereocenters. The molecule has 1 heterocycles. The molecule has 0 bridgehead atoms. The molecule has 122 valence electrons. The lowest BCUT2D eigenvalue weighted by molar-refractivity contribution is 0.0523. The van der Waals surface area contributed by atoms with Crippen LogP contribution in [0.5, 0.6) is 5.75 Å². The molecule has 0 radical (unpaired) electrons. The number of methoxy groups -OCH3 is 1. The van der Waals surface area contributed by atoms with Crippen molar-refractivity contribution in [3.05, 3.63) is 46.2 Å². The van der Waals surface area contributed by atoms with Gasteiger partial charge in [0.15, 0.2) is 0 Å². The maximum absolute atomic E-state index is 12.4. The highest BCUT2D eigenvalue weighted by Gasteiger charge is 2.18. The lowest BCUT2D eigenvalue weighted by atomic mass is 10.1. The van der Waals surface area contributed by atoms with Gasteiger partial charge in [-0.05, 0) is 51.1 Å². The van der Waals surface area contributed by atoms with Crippen LogP contribution in [0.3, 0.4) is 0 Å². The van der Waals surface area contributed by atoms with E-state index < -0.39 is 11.5 Å². The Morgan fingerprint density at radius 2 is 1.91 bits per heavy atom. The molecular weight excluding hydrogens is 296 g/mol. The van der Waals surface area contributed by atoms with Gasteiger partial charge in [-0.15, -0.1) is 0 Å². The van der Waals surface area contributed by atoms with Crippen LogP contribution >= 0.6 is 0 Å². The van der Waals surface area contributed by atoms with Crippen LogP contribution in [0.4, 0.5) is 0 Å². The van der Waals surface area contributed by atoms with E-state index in [-0.39, 0.29) is 18.2 Å². The zero-order valence-electron chi connectivity index (χ0n) is 13.7. The molecule has 0 saturated heterocycles. The van der Waals surface area contributed by atoms with Crippen molar-refractivity contribution in [1.29, 1.82) is 0 Å². The highest BCUT2D eigenvalue weighted by Crippen LogP contribution is 2.21.